The van der Waals surface area contributed by atoms with E-state index < -0.39 is 35.0 Å². The van der Waals surface area contributed by atoms with Crippen LogP contribution in [0.5, 0.6) is 11.5 Å². The van der Waals surface area contributed by atoms with Gasteiger partial charge in [0, 0.05) is 11.3 Å². The second-order valence-electron chi connectivity index (χ2n) is 10.6. The highest BCUT2D eigenvalue weighted by Crippen LogP contribution is 2.66. The van der Waals surface area contributed by atoms with Crippen LogP contribution < -0.4 is 19.3 Å². The van der Waals surface area contributed by atoms with Gasteiger partial charge in [-0.2, -0.15) is 0 Å². The van der Waals surface area contributed by atoms with Crippen LogP contribution in [0.2, 0.25) is 0 Å². The summed E-state index contributed by atoms with van der Waals surface area (Å²) < 4.78 is 11.5. The summed E-state index contributed by atoms with van der Waals surface area (Å²) in [6, 6.07) is 14.0. The van der Waals surface area contributed by atoms with Crippen molar-refractivity contribution in [3.63, 3.8) is 0 Å². The van der Waals surface area contributed by atoms with Crippen LogP contribution in [0.15, 0.2) is 60.2 Å². The molecule has 0 spiro atoms. The second-order valence-corrected chi connectivity index (χ2v) is 10.6. The predicted octanol–water partition coefficient (Wildman–Crippen LogP) is 3.99. The van der Waals surface area contributed by atoms with Gasteiger partial charge in [0.2, 0.25) is 23.6 Å². The maximum atomic E-state index is 14.1. The highest BCUT2D eigenvalue weighted by Gasteiger charge is 2.74. The van der Waals surface area contributed by atoms with E-state index in [-0.39, 0.29) is 23.6 Å². The van der Waals surface area contributed by atoms with E-state index in [1.54, 1.807) is 48.5 Å². The molecule has 2 aromatic carbocycles. The zero-order chi connectivity index (χ0) is 26.9. The molecule has 4 atom stereocenters. The molecule has 5 aliphatic rings. The van der Waals surface area contributed by atoms with Crippen LogP contribution >= 0.6 is 0 Å². The Balaban J connectivity index is 1.46. The summed E-state index contributed by atoms with van der Waals surface area (Å²) in [5.41, 5.74) is 0.666. The fourth-order valence-electron chi connectivity index (χ4n) is 7.48. The van der Waals surface area contributed by atoms with Gasteiger partial charge in [-0.1, -0.05) is 42.8 Å². The first kappa shape index (κ1) is 24.4. The number of hydrogen-bond acceptors (Lipinski definition) is 6. The van der Waals surface area contributed by atoms with Crippen LogP contribution in [0.4, 0.5) is 11.4 Å². The third-order valence-electron chi connectivity index (χ3n) is 8.69. The maximum absolute atomic E-state index is 14.1. The minimum absolute atomic E-state index is 0.345. The lowest BCUT2D eigenvalue weighted by molar-refractivity contribution is -0.146. The molecule has 8 nitrogen and oxygen atoms in total. The Morgan fingerprint density at radius 3 is 1.53 bits per heavy atom. The lowest BCUT2D eigenvalue weighted by atomic mass is 9.46. The molecule has 196 valence electrons. The van der Waals surface area contributed by atoms with Gasteiger partial charge in [-0.15, -0.1) is 0 Å². The SMILES string of the molecule is CCOc1ccccc1N1C(=O)[C@@H]2C3C(C)=CC(C)([C@@H]2C1=O)[C@@H]1C(=O)N(c2ccccc2OCC)C(=O)[C@H]31. The van der Waals surface area contributed by atoms with Crippen molar-refractivity contribution in [2.45, 2.75) is 27.7 Å². The first-order chi connectivity index (χ1) is 18.3. The first-order valence-corrected chi connectivity index (χ1v) is 13.1. The summed E-state index contributed by atoms with van der Waals surface area (Å²) in [5.74, 6) is -4.01. The molecular weight excluding hydrogens is 484 g/mol. The molecule has 2 heterocycles. The highest BCUT2D eigenvalue weighted by atomic mass is 16.5. The number of para-hydroxylation sites is 4. The lowest BCUT2D eigenvalue weighted by Crippen LogP contribution is -2.57. The predicted molar refractivity (Wildman–Crippen MR) is 140 cm³/mol. The number of allylic oxidation sites excluding steroid dienone is 2. The van der Waals surface area contributed by atoms with Gasteiger partial charge in [-0.3, -0.25) is 19.2 Å². The Bertz CT molecular complexity index is 1320. The Kier molecular flexibility index (Phi) is 5.49. The largest absolute Gasteiger partial charge is 0.492 e. The molecule has 3 aliphatic carbocycles. The van der Waals surface area contributed by atoms with Crippen LogP contribution in [0.3, 0.4) is 0 Å². The molecule has 0 N–H and O–H groups in total. The second kappa shape index (κ2) is 8.55. The van der Waals surface area contributed by atoms with Crippen LogP contribution in [0.25, 0.3) is 0 Å². The molecule has 2 aromatic rings. The molecule has 38 heavy (non-hydrogen) atoms. The minimum atomic E-state index is -1.00. The molecule has 4 amide bonds. The minimum Gasteiger partial charge on any atom is -0.492 e. The van der Waals surface area contributed by atoms with Gasteiger partial charge in [0.25, 0.3) is 0 Å². The molecule has 3 fully saturated rings. The number of amides is 4. The van der Waals surface area contributed by atoms with E-state index in [1.165, 1.54) is 9.80 Å². The number of imide groups is 2. The molecule has 1 saturated carbocycles. The van der Waals surface area contributed by atoms with E-state index in [1.807, 2.05) is 33.8 Å². The van der Waals surface area contributed by atoms with Crippen LogP contribution in [0, 0.1) is 35.0 Å². The molecule has 7 rings (SSSR count). The van der Waals surface area contributed by atoms with Gasteiger partial charge in [0.1, 0.15) is 11.5 Å². The fraction of sp³-hybridized carbons (Fsp3) is 0.400. The van der Waals surface area contributed by atoms with Crippen molar-refractivity contribution in [1.29, 1.82) is 0 Å². The van der Waals surface area contributed by atoms with Crippen molar-refractivity contribution < 1.29 is 28.7 Å². The zero-order valence-corrected chi connectivity index (χ0v) is 21.8. The molecule has 0 radical (unpaired) electrons. The number of hydrogen-bond donors (Lipinski definition) is 0. The number of carbonyl (C=O) groups is 4. The standard InChI is InChI=1S/C30H30N2O6/c1-5-37-19-13-9-7-11-17(19)31-26(33)22-21-16(3)15-30(4,24(22)28(31)35)25-23(21)27(34)32(29(25)36)18-12-8-10-14-20(18)38-6-2/h7-15,21-25H,5-6H2,1-4H3/t21?,22-,23-,24+,25+,30?/m1/s1. The maximum Gasteiger partial charge on any atom is 0.238 e. The molecule has 2 saturated heterocycles. The number of benzene rings is 2. The summed E-state index contributed by atoms with van der Waals surface area (Å²) >= 11 is 0. The molecular formula is C30H30N2O6. The number of rotatable bonds is 6. The lowest BCUT2D eigenvalue weighted by Gasteiger charge is -2.53. The molecule has 0 aromatic heterocycles. The van der Waals surface area contributed by atoms with E-state index in [4.69, 9.17) is 9.47 Å². The van der Waals surface area contributed by atoms with Crippen molar-refractivity contribution >= 4 is 35.0 Å². The van der Waals surface area contributed by atoms with Crippen LogP contribution in [0.1, 0.15) is 27.7 Å². The molecule has 0 unspecified atom stereocenters. The smallest absolute Gasteiger partial charge is 0.238 e. The summed E-state index contributed by atoms with van der Waals surface area (Å²) in [5, 5.41) is 0. The third kappa shape index (κ3) is 3.03. The number of anilines is 2. The molecule has 2 aliphatic heterocycles. The Labute approximate surface area is 221 Å². The normalized spacial score (nSPS) is 31.5. The summed E-state index contributed by atoms with van der Waals surface area (Å²) in [6.07, 6.45) is 1.96. The highest BCUT2D eigenvalue weighted by molar-refractivity contribution is 6.27. The van der Waals surface area contributed by atoms with Gasteiger partial charge < -0.3 is 9.47 Å². The number of nitrogens with zero attached hydrogens (tertiary/aromatic N) is 2. The zero-order valence-electron chi connectivity index (χ0n) is 21.8. The Morgan fingerprint density at radius 1 is 0.684 bits per heavy atom. The monoisotopic (exact) mass is 514 g/mol. The van der Waals surface area contributed by atoms with E-state index in [2.05, 4.69) is 0 Å². The Morgan fingerprint density at radius 2 is 1.11 bits per heavy atom. The quantitative estimate of drug-likeness (QED) is 0.428. The third-order valence-corrected chi connectivity index (χ3v) is 8.69. The van der Waals surface area contributed by atoms with Gasteiger partial charge in [0.15, 0.2) is 0 Å². The Hall–Kier alpha value is -3.94. The van der Waals surface area contributed by atoms with Gasteiger partial charge in [0.05, 0.1) is 48.3 Å². The fourth-order valence-corrected chi connectivity index (χ4v) is 7.48. The number of carbonyl (C=O) groups excluding carboxylic acids is 4. The van der Waals surface area contributed by atoms with Crippen molar-refractivity contribution in [3.8, 4) is 11.5 Å². The first-order valence-electron chi connectivity index (χ1n) is 13.1. The summed E-state index contributed by atoms with van der Waals surface area (Å²) in [4.78, 5) is 58.7. The van der Waals surface area contributed by atoms with Gasteiger partial charge >= 0.3 is 0 Å². The average Bonchev–Trinajstić information content (AvgIpc) is 3.31. The van der Waals surface area contributed by atoms with Crippen molar-refractivity contribution in [3.05, 3.63) is 60.2 Å². The molecule has 8 heteroatoms. The topological polar surface area (TPSA) is 93.2 Å². The van der Waals surface area contributed by atoms with Crippen LogP contribution in [-0.4, -0.2) is 36.8 Å². The summed E-state index contributed by atoms with van der Waals surface area (Å²) in [6.45, 7) is 8.20. The van der Waals surface area contributed by atoms with Crippen molar-refractivity contribution in [1.82, 2.24) is 0 Å². The van der Waals surface area contributed by atoms with Gasteiger partial charge in [-0.25, -0.2) is 9.80 Å². The van der Waals surface area contributed by atoms with Gasteiger partial charge in [-0.05, 0) is 45.0 Å². The van der Waals surface area contributed by atoms with E-state index in [9.17, 15) is 19.2 Å². The van der Waals surface area contributed by atoms with Crippen LogP contribution in [-0.2, 0) is 19.2 Å². The number of ether oxygens (including phenoxy) is 2. The van der Waals surface area contributed by atoms with E-state index >= 15 is 0 Å². The van der Waals surface area contributed by atoms with Crippen molar-refractivity contribution in [2.24, 2.45) is 35.0 Å². The molecule has 2 bridgehead atoms. The summed E-state index contributed by atoms with van der Waals surface area (Å²) in [7, 11) is 0. The van der Waals surface area contributed by atoms with Crippen molar-refractivity contribution in [2.75, 3.05) is 23.0 Å². The van der Waals surface area contributed by atoms with E-state index in [0.717, 1.165) is 5.57 Å². The van der Waals surface area contributed by atoms with E-state index in [0.29, 0.717) is 36.1 Å². The average molecular weight is 515 g/mol.